The minimum atomic E-state index is 0.537. The molecule has 0 aliphatic carbocycles. The van der Waals surface area contributed by atoms with Gasteiger partial charge in [-0.05, 0) is 12.1 Å². The van der Waals surface area contributed by atoms with E-state index in [1.807, 2.05) is 25.4 Å². The molecule has 3 aromatic rings. The van der Waals surface area contributed by atoms with Crippen molar-refractivity contribution < 1.29 is 0 Å². The van der Waals surface area contributed by atoms with Crippen LogP contribution in [0.15, 0.2) is 48.9 Å². The first-order valence-corrected chi connectivity index (χ1v) is 5.95. The molecule has 2 aromatic heterocycles. The van der Waals surface area contributed by atoms with Crippen molar-refractivity contribution in [2.75, 3.05) is 5.32 Å². The van der Waals surface area contributed by atoms with Crippen LogP contribution in [0.25, 0.3) is 10.9 Å². The van der Waals surface area contributed by atoms with Gasteiger partial charge in [-0.2, -0.15) is 5.26 Å². The Morgan fingerprint density at radius 1 is 1.21 bits per heavy atom. The predicted molar refractivity (Wildman–Crippen MR) is 75.2 cm³/mol. The number of aryl methyl sites for hydroxylation is 1. The van der Waals surface area contributed by atoms with Crippen molar-refractivity contribution in [3.8, 4) is 6.07 Å². The van der Waals surface area contributed by atoms with Gasteiger partial charge in [0.15, 0.2) is 0 Å². The molecule has 0 aliphatic rings. The highest BCUT2D eigenvalue weighted by Gasteiger charge is 2.08. The van der Waals surface area contributed by atoms with Crippen LogP contribution in [-0.2, 0) is 7.05 Å². The van der Waals surface area contributed by atoms with E-state index in [1.54, 1.807) is 18.5 Å². The van der Waals surface area contributed by atoms with Crippen molar-refractivity contribution in [1.29, 1.82) is 5.26 Å². The van der Waals surface area contributed by atoms with Gasteiger partial charge in [-0.3, -0.25) is 4.98 Å². The van der Waals surface area contributed by atoms with Gasteiger partial charge in [0.1, 0.15) is 6.07 Å². The maximum atomic E-state index is 9.08. The summed E-state index contributed by atoms with van der Waals surface area (Å²) in [6.07, 6.45) is 5.26. The van der Waals surface area contributed by atoms with Crippen molar-refractivity contribution in [1.82, 2.24) is 9.55 Å². The summed E-state index contributed by atoms with van der Waals surface area (Å²) in [7, 11) is 2.01. The van der Waals surface area contributed by atoms with Crippen molar-refractivity contribution in [2.24, 2.45) is 7.05 Å². The molecule has 0 saturated heterocycles. The highest BCUT2D eigenvalue weighted by atomic mass is 15.0. The van der Waals surface area contributed by atoms with Gasteiger partial charge >= 0.3 is 0 Å². The summed E-state index contributed by atoms with van der Waals surface area (Å²) < 4.78 is 2.06. The third kappa shape index (κ3) is 1.91. The van der Waals surface area contributed by atoms with E-state index in [-0.39, 0.29) is 0 Å². The number of aromatic nitrogens is 2. The maximum absolute atomic E-state index is 9.08. The first kappa shape index (κ1) is 11.3. The largest absolute Gasteiger partial charge is 0.353 e. The van der Waals surface area contributed by atoms with Gasteiger partial charge in [0.2, 0.25) is 0 Å². The Hall–Kier alpha value is -2.80. The molecular formula is C15H12N4. The molecule has 0 atom stereocenters. The molecular weight excluding hydrogens is 236 g/mol. The zero-order valence-corrected chi connectivity index (χ0v) is 10.5. The van der Waals surface area contributed by atoms with Crippen LogP contribution in [-0.4, -0.2) is 9.55 Å². The van der Waals surface area contributed by atoms with E-state index in [0.29, 0.717) is 5.56 Å². The van der Waals surface area contributed by atoms with Gasteiger partial charge in [-0.15, -0.1) is 0 Å². The van der Waals surface area contributed by atoms with Crippen LogP contribution in [0.2, 0.25) is 0 Å². The Kier molecular flexibility index (Phi) is 2.66. The summed E-state index contributed by atoms with van der Waals surface area (Å²) in [4.78, 5) is 3.96. The highest BCUT2D eigenvalue weighted by Crippen LogP contribution is 2.28. The molecule has 0 aliphatic heterocycles. The standard InChI is InChI=1S/C15H12N4/c1-19-10-14(12-4-2-3-5-15(12)19)18-13-6-7-17-9-11(13)8-16/h2-7,9-10H,1H3,(H,17,18). The number of hydrogen-bond acceptors (Lipinski definition) is 3. The molecule has 0 saturated carbocycles. The van der Waals surface area contributed by atoms with Crippen LogP contribution in [0.1, 0.15) is 5.56 Å². The number of nitriles is 1. The fourth-order valence-electron chi connectivity index (χ4n) is 2.18. The third-order valence-electron chi connectivity index (χ3n) is 3.11. The molecule has 2 heterocycles. The number of fused-ring (bicyclic) bond motifs is 1. The van der Waals surface area contributed by atoms with Gasteiger partial charge in [-0.1, -0.05) is 18.2 Å². The summed E-state index contributed by atoms with van der Waals surface area (Å²) in [5, 5.41) is 13.5. The third-order valence-corrected chi connectivity index (χ3v) is 3.11. The van der Waals surface area contributed by atoms with E-state index in [9.17, 15) is 0 Å². The average molecular weight is 248 g/mol. The van der Waals surface area contributed by atoms with E-state index in [2.05, 4.69) is 33.1 Å². The molecule has 0 bridgehead atoms. The molecule has 0 unspecified atom stereocenters. The molecule has 4 nitrogen and oxygen atoms in total. The number of hydrogen-bond donors (Lipinski definition) is 1. The van der Waals surface area contributed by atoms with Crippen LogP contribution in [0.5, 0.6) is 0 Å². The first-order valence-electron chi connectivity index (χ1n) is 5.95. The minimum absolute atomic E-state index is 0.537. The van der Waals surface area contributed by atoms with E-state index in [0.717, 1.165) is 22.3 Å². The SMILES string of the molecule is Cn1cc(Nc2ccncc2C#N)c2ccccc21. The lowest BCUT2D eigenvalue weighted by atomic mass is 10.2. The van der Waals surface area contributed by atoms with Crippen LogP contribution in [0, 0.1) is 11.3 Å². The lowest BCUT2D eigenvalue weighted by Gasteiger charge is -2.05. The number of rotatable bonds is 2. The monoisotopic (exact) mass is 248 g/mol. The zero-order chi connectivity index (χ0) is 13.2. The van der Waals surface area contributed by atoms with E-state index in [4.69, 9.17) is 5.26 Å². The molecule has 1 aromatic carbocycles. The van der Waals surface area contributed by atoms with Crippen LogP contribution in [0.4, 0.5) is 11.4 Å². The van der Waals surface area contributed by atoms with E-state index < -0.39 is 0 Å². The maximum Gasteiger partial charge on any atom is 0.103 e. The van der Waals surface area contributed by atoms with Crippen molar-refractivity contribution in [3.63, 3.8) is 0 Å². The van der Waals surface area contributed by atoms with Crippen LogP contribution < -0.4 is 5.32 Å². The Labute approximate surface area is 110 Å². The molecule has 0 spiro atoms. The number of benzene rings is 1. The van der Waals surface area contributed by atoms with Crippen LogP contribution in [0.3, 0.4) is 0 Å². The number of nitrogens with zero attached hydrogens (tertiary/aromatic N) is 3. The van der Waals surface area contributed by atoms with E-state index in [1.165, 1.54) is 0 Å². The van der Waals surface area contributed by atoms with Gasteiger partial charge in [-0.25, -0.2) is 0 Å². The van der Waals surface area contributed by atoms with Gasteiger partial charge in [0.05, 0.1) is 16.9 Å². The van der Waals surface area contributed by atoms with Crippen molar-refractivity contribution in [2.45, 2.75) is 0 Å². The Morgan fingerprint density at radius 3 is 2.89 bits per heavy atom. The first-order chi connectivity index (χ1) is 9.29. The summed E-state index contributed by atoms with van der Waals surface area (Å²) in [6.45, 7) is 0. The number of nitrogens with one attached hydrogen (secondary N) is 1. The summed E-state index contributed by atoms with van der Waals surface area (Å²) >= 11 is 0. The Morgan fingerprint density at radius 2 is 2.05 bits per heavy atom. The molecule has 19 heavy (non-hydrogen) atoms. The molecule has 4 heteroatoms. The molecule has 3 rings (SSSR count). The quantitative estimate of drug-likeness (QED) is 0.757. The molecule has 0 fully saturated rings. The minimum Gasteiger partial charge on any atom is -0.353 e. The predicted octanol–water partition coefficient (Wildman–Crippen LogP) is 3.19. The van der Waals surface area contributed by atoms with Crippen molar-refractivity contribution >= 4 is 22.3 Å². The normalized spacial score (nSPS) is 10.3. The lowest BCUT2D eigenvalue weighted by Crippen LogP contribution is -1.93. The fourth-order valence-corrected chi connectivity index (χ4v) is 2.18. The number of para-hydroxylation sites is 1. The average Bonchev–Trinajstić information content (AvgIpc) is 2.77. The number of anilines is 2. The Balaban J connectivity index is 2.09. The van der Waals surface area contributed by atoms with Gasteiger partial charge < -0.3 is 9.88 Å². The zero-order valence-electron chi connectivity index (χ0n) is 10.5. The summed E-state index contributed by atoms with van der Waals surface area (Å²) in [5.74, 6) is 0. The highest BCUT2D eigenvalue weighted by molar-refractivity contribution is 5.95. The lowest BCUT2D eigenvalue weighted by molar-refractivity contribution is 0.970. The molecule has 92 valence electrons. The fraction of sp³-hybridized carbons (Fsp3) is 0.0667. The van der Waals surface area contributed by atoms with Gasteiger partial charge in [0, 0.05) is 36.5 Å². The number of pyridine rings is 1. The molecule has 0 amide bonds. The molecule has 0 radical (unpaired) electrons. The molecule has 1 N–H and O–H groups in total. The van der Waals surface area contributed by atoms with Crippen molar-refractivity contribution in [3.05, 3.63) is 54.5 Å². The Bertz CT molecular complexity index is 780. The van der Waals surface area contributed by atoms with E-state index >= 15 is 0 Å². The van der Waals surface area contributed by atoms with Gasteiger partial charge in [0.25, 0.3) is 0 Å². The topological polar surface area (TPSA) is 53.6 Å². The smallest absolute Gasteiger partial charge is 0.103 e. The second kappa shape index (κ2) is 4.46. The summed E-state index contributed by atoms with van der Waals surface area (Å²) in [5.41, 5.74) is 3.45. The van der Waals surface area contributed by atoms with Crippen LogP contribution >= 0.6 is 0 Å². The second-order valence-electron chi connectivity index (χ2n) is 4.33. The second-order valence-corrected chi connectivity index (χ2v) is 4.33. The summed E-state index contributed by atoms with van der Waals surface area (Å²) in [6, 6.07) is 12.1.